The van der Waals surface area contributed by atoms with Gasteiger partial charge in [-0.1, -0.05) is 0 Å². The van der Waals surface area contributed by atoms with Crippen molar-refractivity contribution in [2.24, 2.45) is 5.73 Å². The summed E-state index contributed by atoms with van der Waals surface area (Å²) in [5, 5.41) is 23.9. The largest absolute Gasteiger partial charge is 0.482 e. The molecule has 0 spiro atoms. The van der Waals surface area contributed by atoms with Crippen molar-refractivity contribution in [3.05, 3.63) is 64.2 Å². The number of rotatable bonds is 4. The number of allylic oxidation sites excluding steroid dienone is 2. The van der Waals surface area contributed by atoms with Crippen LogP contribution < -0.4 is 26.8 Å². The number of aromatic nitrogens is 1. The predicted octanol–water partition coefficient (Wildman–Crippen LogP) is 3.47. The number of ether oxygens (including phenoxy) is 1. The average molecular weight is 436 g/mol. The summed E-state index contributed by atoms with van der Waals surface area (Å²) in [5.74, 6) is 0.151. The minimum Gasteiger partial charge on any atom is -0.482 e. The highest BCUT2D eigenvalue weighted by molar-refractivity contribution is 5.84. The number of nitrogen functional groups attached to an aromatic ring is 1. The molecule has 0 fully saturated rings. The van der Waals surface area contributed by atoms with E-state index in [2.05, 4.69) is 15.6 Å². The Hall–Kier alpha value is -3.90. The van der Waals surface area contributed by atoms with Gasteiger partial charge in [0.1, 0.15) is 18.0 Å². The summed E-state index contributed by atoms with van der Waals surface area (Å²) in [5.41, 5.74) is 16.1. The van der Waals surface area contributed by atoms with E-state index in [1.807, 2.05) is 13.0 Å². The van der Waals surface area contributed by atoms with Crippen LogP contribution in [0.15, 0.2) is 47.3 Å². The summed E-state index contributed by atoms with van der Waals surface area (Å²) in [6, 6.07) is 8.07. The van der Waals surface area contributed by atoms with Gasteiger partial charge in [-0.05, 0) is 43.7 Å². The number of pyridine rings is 1. The van der Waals surface area contributed by atoms with E-state index in [4.69, 9.17) is 21.6 Å². The molecule has 8 nitrogen and oxygen atoms in total. The number of anilines is 2. The monoisotopic (exact) mass is 435 g/mol. The molecule has 166 valence electrons. The second kappa shape index (κ2) is 9.94. The molecular formula is C23H26FN7O. The Kier molecular flexibility index (Phi) is 7.07. The molecule has 2 aromatic rings. The van der Waals surface area contributed by atoms with E-state index in [0.717, 1.165) is 23.0 Å². The van der Waals surface area contributed by atoms with Crippen molar-refractivity contribution in [3.63, 3.8) is 0 Å². The van der Waals surface area contributed by atoms with Gasteiger partial charge in [-0.25, -0.2) is 9.37 Å². The number of hydrogen-bond donors (Lipinski definition) is 5. The minimum atomic E-state index is -0.584. The van der Waals surface area contributed by atoms with E-state index in [1.54, 1.807) is 25.3 Å². The Balaban J connectivity index is 2.33. The number of nitrogens with zero attached hydrogens (tertiary/aromatic N) is 2. The molecule has 0 radical (unpaired) electrons. The number of nitrogens with one attached hydrogen (secondary N) is 3. The molecule has 1 aromatic heterocycles. The summed E-state index contributed by atoms with van der Waals surface area (Å²) < 4.78 is 20.2. The van der Waals surface area contributed by atoms with Crippen LogP contribution in [0, 0.1) is 22.6 Å². The molecule has 7 N–H and O–H groups in total. The second-order valence-corrected chi connectivity index (χ2v) is 7.26. The standard InChI is InChI=1S/C23H26FN7O/c1-3-29-22-14(9-25)6-20(16(10-26)11-27)31-19-5-4-17(24)8-18(19)13(2)32-21-7-15(22)12-30-23(21)28/h4-5,7-8,10,12-13,26,29,31H,3,6,9,25H2,1-2H3,(H2,28,30)/b20-16+,22-14-,26-10?. The van der Waals surface area contributed by atoms with Gasteiger partial charge in [0.05, 0.1) is 5.57 Å². The van der Waals surface area contributed by atoms with Gasteiger partial charge in [0.15, 0.2) is 11.6 Å². The van der Waals surface area contributed by atoms with E-state index < -0.39 is 11.9 Å². The lowest BCUT2D eigenvalue weighted by atomic mass is 9.99. The Morgan fingerprint density at radius 3 is 2.91 bits per heavy atom. The molecule has 0 amide bonds. The van der Waals surface area contributed by atoms with Gasteiger partial charge < -0.3 is 32.2 Å². The van der Waals surface area contributed by atoms with Crippen molar-refractivity contribution in [1.82, 2.24) is 10.3 Å². The topological polar surface area (TPSA) is 146 Å². The van der Waals surface area contributed by atoms with Crippen LogP contribution in [0.4, 0.5) is 15.9 Å². The Labute approximate surface area is 186 Å². The molecule has 0 aliphatic carbocycles. The zero-order valence-corrected chi connectivity index (χ0v) is 18.0. The van der Waals surface area contributed by atoms with Crippen LogP contribution in [0.25, 0.3) is 5.70 Å². The summed E-state index contributed by atoms with van der Waals surface area (Å²) in [4.78, 5) is 4.27. The van der Waals surface area contributed by atoms with Gasteiger partial charge in [-0.2, -0.15) is 5.26 Å². The number of hydrogen-bond acceptors (Lipinski definition) is 8. The zero-order chi connectivity index (χ0) is 23.3. The van der Waals surface area contributed by atoms with Gasteiger partial charge >= 0.3 is 0 Å². The highest BCUT2D eigenvalue weighted by Gasteiger charge is 2.21. The molecule has 9 heteroatoms. The van der Waals surface area contributed by atoms with Crippen LogP contribution in [0.5, 0.6) is 5.75 Å². The molecule has 0 saturated heterocycles. The van der Waals surface area contributed by atoms with Gasteiger partial charge in [0, 0.05) is 60.1 Å². The first-order valence-electron chi connectivity index (χ1n) is 10.2. The molecule has 1 aliphatic rings. The molecule has 0 saturated carbocycles. The summed E-state index contributed by atoms with van der Waals surface area (Å²) >= 11 is 0. The number of benzene rings is 1. The number of halogens is 1. The molecule has 1 atom stereocenters. The predicted molar refractivity (Wildman–Crippen MR) is 123 cm³/mol. The van der Waals surface area contributed by atoms with E-state index in [0.29, 0.717) is 29.2 Å². The van der Waals surface area contributed by atoms with E-state index in [9.17, 15) is 9.65 Å². The van der Waals surface area contributed by atoms with E-state index in [1.165, 1.54) is 12.1 Å². The smallest absolute Gasteiger partial charge is 0.166 e. The highest BCUT2D eigenvalue weighted by atomic mass is 19.1. The Morgan fingerprint density at radius 1 is 1.47 bits per heavy atom. The fourth-order valence-electron chi connectivity index (χ4n) is 3.56. The first kappa shape index (κ1) is 22.8. The summed E-state index contributed by atoms with van der Waals surface area (Å²) in [6.45, 7) is 4.55. The maximum Gasteiger partial charge on any atom is 0.166 e. The summed E-state index contributed by atoms with van der Waals surface area (Å²) in [7, 11) is 0. The van der Waals surface area contributed by atoms with Crippen molar-refractivity contribution in [3.8, 4) is 11.8 Å². The third kappa shape index (κ3) is 4.71. The molecule has 2 bridgehead atoms. The second-order valence-electron chi connectivity index (χ2n) is 7.26. The molecule has 1 aliphatic heterocycles. The lowest BCUT2D eigenvalue weighted by Crippen LogP contribution is -2.20. The van der Waals surface area contributed by atoms with Crippen molar-refractivity contribution < 1.29 is 9.13 Å². The van der Waals surface area contributed by atoms with E-state index >= 15 is 0 Å². The van der Waals surface area contributed by atoms with Crippen LogP contribution in [-0.4, -0.2) is 24.3 Å². The first-order chi connectivity index (χ1) is 15.4. The third-order valence-electron chi connectivity index (χ3n) is 5.14. The van der Waals surface area contributed by atoms with Gasteiger partial charge in [-0.3, -0.25) is 0 Å². The molecule has 32 heavy (non-hydrogen) atoms. The van der Waals surface area contributed by atoms with Crippen molar-refractivity contribution in [1.29, 1.82) is 10.7 Å². The maximum absolute atomic E-state index is 14.1. The SMILES string of the molecule is CCN/C1=C(\CN)C/C(=C(\C#N)C=N)Nc2ccc(F)cc2C(C)Oc2cc1cnc2N. The fraction of sp³-hybridized carbons (Fsp3) is 0.261. The van der Waals surface area contributed by atoms with Crippen molar-refractivity contribution in [2.75, 3.05) is 24.1 Å². The van der Waals surface area contributed by atoms with Gasteiger partial charge in [0.2, 0.25) is 0 Å². The first-order valence-corrected chi connectivity index (χ1v) is 10.2. The Morgan fingerprint density at radius 2 is 2.25 bits per heavy atom. The van der Waals surface area contributed by atoms with Crippen LogP contribution >= 0.6 is 0 Å². The molecule has 1 aromatic carbocycles. The number of nitrogens with two attached hydrogens (primary N) is 2. The zero-order valence-electron chi connectivity index (χ0n) is 18.0. The van der Waals surface area contributed by atoms with Gasteiger partial charge in [0.25, 0.3) is 0 Å². The molecular weight excluding hydrogens is 409 g/mol. The van der Waals surface area contributed by atoms with Gasteiger partial charge in [-0.15, -0.1) is 0 Å². The number of nitriles is 1. The molecule has 3 rings (SSSR count). The van der Waals surface area contributed by atoms with E-state index in [-0.39, 0.29) is 24.4 Å². The fourth-order valence-corrected chi connectivity index (χ4v) is 3.56. The van der Waals surface area contributed by atoms with Crippen LogP contribution in [0.1, 0.15) is 37.5 Å². The lowest BCUT2D eigenvalue weighted by Gasteiger charge is -2.24. The maximum atomic E-state index is 14.1. The average Bonchev–Trinajstić information content (AvgIpc) is 2.78. The van der Waals surface area contributed by atoms with Crippen molar-refractivity contribution in [2.45, 2.75) is 26.4 Å². The van der Waals surface area contributed by atoms with Crippen LogP contribution in [-0.2, 0) is 0 Å². The van der Waals surface area contributed by atoms with Crippen LogP contribution in [0.2, 0.25) is 0 Å². The number of fused-ring (bicyclic) bond motifs is 3. The van der Waals surface area contributed by atoms with Crippen LogP contribution in [0.3, 0.4) is 0 Å². The normalized spacial score (nSPS) is 19.8. The quantitative estimate of drug-likeness (QED) is 0.365. The molecule has 2 heterocycles. The lowest BCUT2D eigenvalue weighted by molar-refractivity contribution is 0.227. The minimum absolute atomic E-state index is 0.142. The Bertz CT molecular complexity index is 1130. The third-order valence-corrected chi connectivity index (χ3v) is 5.14. The molecule has 1 unspecified atom stereocenters. The van der Waals surface area contributed by atoms with Crippen molar-refractivity contribution >= 4 is 23.4 Å². The highest BCUT2D eigenvalue weighted by Crippen LogP contribution is 2.35. The summed E-state index contributed by atoms with van der Waals surface area (Å²) in [6.07, 6.45) is 2.29.